The summed E-state index contributed by atoms with van der Waals surface area (Å²) < 4.78 is 5.84. The first-order chi connectivity index (χ1) is 12.9. The summed E-state index contributed by atoms with van der Waals surface area (Å²) in [7, 11) is 0. The molecule has 0 heterocycles. The molecule has 0 aliphatic heterocycles. The number of hydrogen-bond acceptors (Lipinski definition) is 2. The summed E-state index contributed by atoms with van der Waals surface area (Å²) >= 11 is 0. The molecule has 1 N–H and O–H groups in total. The zero-order valence-corrected chi connectivity index (χ0v) is 16.4. The van der Waals surface area contributed by atoms with E-state index in [0.717, 1.165) is 38.3 Å². The van der Waals surface area contributed by atoms with Crippen LogP contribution in [0.1, 0.15) is 63.0 Å². The Hall–Kier alpha value is -1.80. The molecule has 0 aliphatic carbocycles. The predicted octanol–water partition coefficient (Wildman–Crippen LogP) is 6.15. The zero-order valence-electron chi connectivity index (χ0n) is 16.4. The molecule has 2 aromatic rings. The van der Waals surface area contributed by atoms with Crippen molar-refractivity contribution in [2.45, 2.75) is 64.8 Å². The van der Waals surface area contributed by atoms with Gasteiger partial charge in [0, 0.05) is 6.54 Å². The molecule has 0 spiro atoms. The molecule has 0 fully saturated rings. The SMILES string of the molecule is CCCCCCCCOc1ccc(CNCCCc2ccccc2)cc1. The quantitative estimate of drug-likeness (QED) is 0.411. The summed E-state index contributed by atoms with van der Waals surface area (Å²) in [5.41, 5.74) is 2.73. The van der Waals surface area contributed by atoms with E-state index < -0.39 is 0 Å². The lowest BCUT2D eigenvalue weighted by atomic mass is 10.1. The van der Waals surface area contributed by atoms with Gasteiger partial charge in [0.05, 0.1) is 6.61 Å². The van der Waals surface area contributed by atoms with E-state index in [1.54, 1.807) is 0 Å². The van der Waals surface area contributed by atoms with Crippen molar-refractivity contribution < 1.29 is 4.74 Å². The molecule has 0 amide bonds. The van der Waals surface area contributed by atoms with Gasteiger partial charge in [0.15, 0.2) is 0 Å². The molecule has 142 valence electrons. The molecule has 0 aromatic heterocycles. The fraction of sp³-hybridized carbons (Fsp3) is 0.500. The number of nitrogens with one attached hydrogen (secondary N) is 1. The van der Waals surface area contributed by atoms with Crippen molar-refractivity contribution in [2.24, 2.45) is 0 Å². The topological polar surface area (TPSA) is 21.3 Å². The minimum Gasteiger partial charge on any atom is -0.494 e. The number of rotatable bonds is 14. The molecule has 0 radical (unpaired) electrons. The van der Waals surface area contributed by atoms with Crippen molar-refractivity contribution in [3.05, 3.63) is 65.7 Å². The van der Waals surface area contributed by atoms with E-state index in [4.69, 9.17) is 4.74 Å². The van der Waals surface area contributed by atoms with Gasteiger partial charge >= 0.3 is 0 Å². The van der Waals surface area contributed by atoms with Crippen LogP contribution < -0.4 is 10.1 Å². The lowest BCUT2D eigenvalue weighted by Crippen LogP contribution is -2.15. The Morgan fingerprint density at radius 1 is 0.731 bits per heavy atom. The van der Waals surface area contributed by atoms with Crippen LogP contribution in [0.5, 0.6) is 5.75 Å². The van der Waals surface area contributed by atoms with Crippen LogP contribution in [0.25, 0.3) is 0 Å². The van der Waals surface area contributed by atoms with Crippen LogP contribution >= 0.6 is 0 Å². The number of ether oxygens (including phenoxy) is 1. The van der Waals surface area contributed by atoms with Crippen LogP contribution in [-0.2, 0) is 13.0 Å². The van der Waals surface area contributed by atoms with Crippen LogP contribution in [0.15, 0.2) is 54.6 Å². The summed E-state index contributed by atoms with van der Waals surface area (Å²) in [5, 5.41) is 3.53. The fourth-order valence-electron chi connectivity index (χ4n) is 3.07. The second-order valence-corrected chi connectivity index (χ2v) is 7.03. The van der Waals surface area contributed by atoms with Gasteiger partial charge in [-0.25, -0.2) is 0 Å². The van der Waals surface area contributed by atoms with Gasteiger partial charge in [-0.05, 0) is 49.1 Å². The van der Waals surface area contributed by atoms with E-state index in [2.05, 4.69) is 66.8 Å². The largest absolute Gasteiger partial charge is 0.494 e. The third kappa shape index (κ3) is 9.05. The molecule has 2 aromatic carbocycles. The summed E-state index contributed by atoms with van der Waals surface area (Å²) in [6.07, 6.45) is 10.1. The van der Waals surface area contributed by atoms with Crippen molar-refractivity contribution in [3.8, 4) is 5.75 Å². The van der Waals surface area contributed by atoms with Gasteiger partial charge in [-0.2, -0.15) is 0 Å². The highest BCUT2D eigenvalue weighted by Crippen LogP contribution is 2.13. The summed E-state index contributed by atoms with van der Waals surface area (Å²) in [4.78, 5) is 0. The molecule has 0 bridgehead atoms. The Labute approximate surface area is 160 Å². The Kier molecular flexibility index (Phi) is 10.6. The maximum absolute atomic E-state index is 5.84. The minimum atomic E-state index is 0.837. The third-order valence-electron chi connectivity index (χ3n) is 4.68. The van der Waals surface area contributed by atoms with Gasteiger partial charge in [0.1, 0.15) is 5.75 Å². The molecular weight excluding hydrogens is 318 g/mol. The molecule has 2 heteroatoms. The van der Waals surface area contributed by atoms with Crippen LogP contribution in [-0.4, -0.2) is 13.2 Å². The molecule has 0 saturated carbocycles. The number of aryl methyl sites for hydroxylation is 1. The Morgan fingerprint density at radius 2 is 1.46 bits per heavy atom. The Balaban J connectivity index is 1.51. The van der Waals surface area contributed by atoms with E-state index in [1.165, 1.54) is 49.7 Å². The summed E-state index contributed by atoms with van der Waals surface area (Å²) in [6, 6.07) is 19.2. The predicted molar refractivity (Wildman–Crippen MR) is 112 cm³/mol. The molecule has 0 unspecified atom stereocenters. The van der Waals surface area contributed by atoms with Crippen molar-refractivity contribution in [2.75, 3.05) is 13.2 Å². The second-order valence-electron chi connectivity index (χ2n) is 7.03. The third-order valence-corrected chi connectivity index (χ3v) is 4.68. The lowest BCUT2D eigenvalue weighted by molar-refractivity contribution is 0.304. The van der Waals surface area contributed by atoms with Gasteiger partial charge in [-0.1, -0.05) is 81.5 Å². The molecule has 0 atom stereocenters. The minimum absolute atomic E-state index is 0.837. The first kappa shape index (κ1) is 20.5. The maximum Gasteiger partial charge on any atom is 0.119 e. The first-order valence-electron chi connectivity index (χ1n) is 10.3. The first-order valence-corrected chi connectivity index (χ1v) is 10.3. The zero-order chi connectivity index (χ0) is 18.3. The maximum atomic E-state index is 5.84. The molecule has 2 rings (SSSR count). The van der Waals surface area contributed by atoms with Crippen molar-refractivity contribution in [1.82, 2.24) is 5.32 Å². The number of benzene rings is 2. The normalized spacial score (nSPS) is 10.8. The fourth-order valence-corrected chi connectivity index (χ4v) is 3.07. The molecule has 2 nitrogen and oxygen atoms in total. The number of unbranched alkanes of at least 4 members (excludes halogenated alkanes) is 5. The van der Waals surface area contributed by atoms with Crippen molar-refractivity contribution >= 4 is 0 Å². The van der Waals surface area contributed by atoms with Crippen LogP contribution in [0.2, 0.25) is 0 Å². The Morgan fingerprint density at radius 3 is 2.23 bits per heavy atom. The Bertz CT molecular complexity index is 565. The molecule has 0 aliphatic rings. The highest BCUT2D eigenvalue weighted by molar-refractivity contribution is 5.27. The van der Waals surface area contributed by atoms with E-state index in [-0.39, 0.29) is 0 Å². The van der Waals surface area contributed by atoms with Crippen LogP contribution in [0.3, 0.4) is 0 Å². The molecule has 0 saturated heterocycles. The summed E-state index contributed by atoms with van der Waals surface area (Å²) in [5.74, 6) is 0.992. The van der Waals surface area contributed by atoms with Gasteiger partial charge in [-0.3, -0.25) is 0 Å². The van der Waals surface area contributed by atoms with Gasteiger partial charge in [0.2, 0.25) is 0 Å². The van der Waals surface area contributed by atoms with Crippen molar-refractivity contribution in [3.63, 3.8) is 0 Å². The smallest absolute Gasteiger partial charge is 0.119 e. The average molecular weight is 354 g/mol. The van der Waals surface area contributed by atoms with Crippen molar-refractivity contribution in [1.29, 1.82) is 0 Å². The number of hydrogen-bond donors (Lipinski definition) is 1. The molecule has 26 heavy (non-hydrogen) atoms. The standard InChI is InChI=1S/C24H35NO/c1-2-3-4-5-6-10-20-26-24-17-15-23(16-18-24)21-25-19-11-14-22-12-8-7-9-13-22/h7-9,12-13,15-18,25H,2-6,10-11,14,19-21H2,1H3. The average Bonchev–Trinajstić information content (AvgIpc) is 2.69. The van der Waals surface area contributed by atoms with Gasteiger partial charge in [0.25, 0.3) is 0 Å². The van der Waals surface area contributed by atoms with E-state index in [0.29, 0.717) is 0 Å². The van der Waals surface area contributed by atoms with E-state index in [1.807, 2.05) is 0 Å². The lowest BCUT2D eigenvalue weighted by Gasteiger charge is -2.08. The highest BCUT2D eigenvalue weighted by atomic mass is 16.5. The van der Waals surface area contributed by atoms with Gasteiger partial charge < -0.3 is 10.1 Å². The monoisotopic (exact) mass is 353 g/mol. The van der Waals surface area contributed by atoms with Crippen LogP contribution in [0, 0.1) is 0 Å². The van der Waals surface area contributed by atoms with E-state index >= 15 is 0 Å². The summed E-state index contributed by atoms with van der Waals surface area (Å²) in [6.45, 7) is 5.06. The highest BCUT2D eigenvalue weighted by Gasteiger charge is 1.97. The van der Waals surface area contributed by atoms with E-state index in [9.17, 15) is 0 Å². The molecular formula is C24H35NO. The van der Waals surface area contributed by atoms with Crippen LogP contribution in [0.4, 0.5) is 0 Å². The second kappa shape index (κ2) is 13.4. The van der Waals surface area contributed by atoms with Gasteiger partial charge in [-0.15, -0.1) is 0 Å².